The zero-order valence-electron chi connectivity index (χ0n) is 9.26. The molecule has 0 aliphatic carbocycles. The second-order valence-corrected chi connectivity index (χ2v) is 7.24. The van der Waals surface area contributed by atoms with E-state index >= 15 is 0 Å². The molecule has 0 saturated carbocycles. The van der Waals surface area contributed by atoms with Crippen molar-refractivity contribution in [1.29, 1.82) is 0 Å². The number of rotatable bonds is 3. The average Bonchev–Trinajstić information content (AvgIpc) is 2.26. The number of carbonyl (C=O) groups is 1. The second-order valence-electron chi connectivity index (χ2n) is 3.51. The van der Waals surface area contributed by atoms with Gasteiger partial charge in [-0.3, -0.25) is 4.79 Å². The summed E-state index contributed by atoms with van der Waals surface area (Å²) in [7, 11) is 0.917. The summed E-state index contributed by atoms with van der Waals surface area (Å²) in [6.07, 6.45) is -4.59. The molecule has 1 amide bonds. The van der Waals surface area contributed by atoms with Gasteiger partial charge in [0.15, 0.2) is 0 Å². The Balaban J connectivity index is 3.15. The minimum Gasteiger partial charge on any atom is -0.343 e. The molecule has 0 bridgehead atoms. The van der Waals surface area contributed by atoms with Crippen molar-refractivity contribution in [3.05, 3.63) is 27.2 Å². The van der Waals surface area contributed by atoms with E-state index in [0.717, 1.165) is 12.1 Å². The number of alkyl halides is 3. The van der Waals surface area contributed by atoms with E-state index in [1.807, 2.05) is 0 Å². The molecule has 4 nitrogen and oxygen atoms in total. The summed E-state index contributed by atoms with van der Waals surface area (Å²) in [4.78, 5) is 11.0. The van der Waals surface area contributed by atoms with Gasteiger partial charge in [-0.2, -0.15) is 13.2 Å². The van der Waals surface area contributed by atoms with Crippen LogP contribution in [0.4, 0.5) is 13.2 Å². The van der Waals surface area contributed by atoms with Crippen molar-refractivity contribution in [2.45, 2.75) is 11.1 Å². The zero-order valence-corrected chi connectivity index (χ0v) is 13.2. The molecule has 0 atom stereocenters. The normalized spacial score (nSPS) is 12.3. The number of hydrogen-bond acceptors (Lipinski definition) is 3. The molecule has 0 fully saturated rings. The predicted octanol–water partition coefficient (Wildman–Crippen LogP) is 3.32. The highest BCUT2D eigenvalue weighted by Crippen LogP contribution is 2.33. The van der Waals surface area contributed by atoms with Crippen LogP contribution in [0.2, 0.25) is 5.02 Å². The summed E-state index contributed by atoms with van der Waals surface area (Å²) >= 11 is 8.55. The van der Waals surface area contributed by atoms with Gasteiger partial charge in [-0.05, 0) is 28.1 Å². The SMILES string of the molecule is O=C(NCC(F)(F)F)c1cc(Cl)c(Br)c(S(=O)(=O)Cl)c1. The summed E-state index contributed by atoms with van der Waals surface area (Å²) in [6, 6.07) is 1.84. The first-order valence-electron chi connectivity index (χ1n) is 4.70. The molecule has 112 valence electrons. The molecular weight excluding hydrogens is 410 g/mol. The molecule has 1 aromatic carbocycles. The minimum absolute atomic E-state index is 0.0819. The molecule has 1 rings (SSSR count). The predicted molar refractivity (Wildman–Crippen MR) is 70.6 cm³/mol. The quantitative estimate of drug-likeness (QED) is 0.771. The Morgan fingerprint density at radius 1 is 1.35 bits per heavy atom. The van der Waals surface area contributed by atoms with Crippen LogP contribution in [0.5, 0.6) is 0 Å². The third kappa shape index (κ3) is 4.80. The van der Waals surface area contributed by atoms with Crippen molar-refractivity contribution < 1.29 is 26.4 Å². The number of benzene rings is 1. The third-order valence-corrected chi connectivity index (χ3v) is 4.96. The van der Waals surface area contributed by atoms with Gasteiger partial charge in [-0.25, -0.2) is 8.42 Å². The lowest BCUT2D eigenvalue weighted by Gasteiger charge is -2.10. The van der Waals surface area contributed by atoms with E-state index in [1.165, 1.54) is 0 Å². The third-order valence-electron chi connectivity index (χ3n) is 1.97. The van der Waals surface area contributed by atoms with E-state index in [-0.39, 0.29) is 15.1 Å². The Bertz CT molecular complexity index is 649. The number of nitrogens with one attached hydrogen (secondary N) is 1. The lowest BCUT2D eigenvalue weighted by atomic mass is 10.2. The van der Waals surface area contributed by atoms with Gasteiger partial charge < -0.3 is 5.32 Å². The maximum atomic E-state index is 12.0. The molecule has 0 spiro atoms. The first-order chi connectivity index (χ1) is 8.92. The van der Waals surface area contributed by atoms with E-state index in [0.29, 0.717) is 0 Å². The highest BCUT2D eigenvalue weighted by Gasteiger charge is 2.28. The summed E-state index contributed by atoms with van der Waals surface area (Å²) in [5.74, 6) is -1.13. The summed E-state index contributed by atoms with van der Waals surface area (Å²) in [5.41, 5.74) is -0.360. The first-order valence-corrected chi connectivity index (χ1v) is 8.18. The largest absolute Gasteiger partial charge is 0.405 e. The van der Waals surface area contributed by atoms with E-state index in [4.69, 9.17) is 22.3 Å². The van der Waals surface area contributed by atoms with Gasteiger partial charge in [-0.1, -0.05) is 11.6 Å². The van der Waals surface area contributed by atoms with Gasteiger partial charge in [-0.15, -0.1) is 0 Å². The Morgan fingerprint density at radius 3 is 2.35 bits per heavy atom. The van der Waals surface area contributed by atoms with Gasteiger partial charge in [0.05, 0.1) is 14.4 Å². The van der Waals surface area contributed by atoms with Crippen LogP contribution in [-0.4, -0.2) is 27.0 Å². The highest BCUT2D eigenvalue weighted by molar-refractivity contribution is 9.10. The fourth-order valence-corrected chi connectivity index (χ4v) is 3.53. The topological polar surface area (TPSA) is 63.2 Å². The molecule has 0 aliphatic rings. The molecule has 0 radical (unpaired) electrons. The number of carbonyl (C=O) groups excluding carboxylic acids is 1. The van der Waals surface area contributed by atoms with Crippen molar-refractivity contribution in [1.82, 2.24) is 5.32 Å². The van der Waals surface area contributed by atoms with Gasteiger partial charge >= 0.3 is 6.18 Å². The second kappa shape index (κ2) is 6.08. The Kier molecular flexibility index (Phi) is 5.34. The van der Waals surface area contributed by atoms with E-state index in [2.05, 4.69) is 15.9 Å². The molecule has 1 aromatic rings. The maximum absolute atomic E-state index is 12.0. The van der Waals surface area contributed by atoms with Crippen LogP contribution in [0.15, 0.2) is 21.5 Å². The number of hydrogen-bond donors (Lipinski definition) is 1. The van der Waals surface area contributed by atoms with Crippen molar-refractivity contribution in [2.24, 2.45) is 0 Å². The monoisotopic (exact) mass is 413 g/mol. The van der Waals surface area contributed by atoms with Gasteiger partial charge in [0.2, 0.25) is 0 Å². The smallest absolute Gasteiger partial charge is 0.343 e. The van der Waals surface area contributed by atoms with E-state index < -0.39 is 32.6 Å². The van der Waals surface area contributed by atoms with Crippen LogP contribution in [0.25, 0.3) is 0 Å². The standard InChI is InChI=1S/C9H5BrCl2F3NO3S/c10-7-5(11)1-4(2-6(7)20(12,18)19)8(17)16-3-9(13,14)15/h1-2H,3H2,(H,16,17). The van der Waals surface area contributed by atoms with Crippen molar-refractivity contribution in [3.63, 3.8) is 0 Å². The molecule has 1 N–H and O–H groups in total. The maximum Gasteiger partial charge on any atom is 0.405 e. The molecule has 11 heteroatoms. The van der Waals surface area contributed by atoms with Crippen LogP contribution < -0.4 is 5.32 Å². The Hall–Kier alpha value is -0.510. The van der Waals surface area contributed by atoms with Crippen LogP contribution in [0.1, 0.15) is 10.4 Å². The number of halogens is 6. The highest BCUT2D eigenvalue weighted by atomic mass is 79.9. The van der Waals surface area contributed by atoms with Gasteiger partial charge in [0, 0.05) is 16.2 Å². The van der Waals surface area contributed by atoms with Crippen molar-refractivity contribution in [3.8, 4) is 0 Å². The zero-order chi connectivity index (χ0) is 15.7. The number of amides is 1. The molecule has 20 heavy (non-hydrogen) atoms. The lowest BCUT2D eigenvalue weighted by molar-refractivity contribution is -0.123. The van der Waals surface area contributed by atoms with Gasteiger partial charge in [0.25, 0.3) is 15.0 Å². The fourth-order valence-electron chi connectivity index (χ4n) is 1.15. The lowest BCUT2D eigenvalue weighted by Crippen LogP contribution is -2.33. The van der Waals surface area contributed by atoms with Gasteiger partial charge in [0.1, 0.15) is 6.54 Å². The van der Waals surface area contributed by atoms with E-state index in [1.54, 1.807) is 5.32 Å². The van der Waals surface area contributed by atoms with E-state index in [9.17, 15) is 26.4 Å². The molecule has 0 aliphatic heterocycles. The molecule has 0 aromatic heterocycles. The summed E-state index contributed by atoms with van der Waals surface area (Å²) < 4.78 is 58.4. The molecular formula is C9H5BrCl2F3NO3S. The van der Waals surface area contributed by atoms with Crippen LogP contribution in [-0.2, 0) is 9.05 Å². The molecule has 0 saturated heterocycles. The summed E-state index contributed by atoms with van der Waals surface area (Å²) in [6.45, 7) is -1.55. The summed E-state index contributed by atoms with van der Waals surface area (Å²) in [5, 5.41) is 1.41. The van der Waals surface area contributed by atoms with Crippen LogP contribution in [0, 0.1) is 0 Å². The van der Waals surface area contributed by atoms with Crippen LogP contribution >= 0.6 is 38.2 Å². The Morgan fingerprint density at radius 2 is 1.90 bits per heavy atom. The van der Waals surface area contributed by atoms with Crippen LogP contribution in [0.3, 0.4) is 0 Å². The average molecular weight is 415 g/mol. The fraction of sp³-hybridized carbons (Fsp3) is 0.222. The molecule has 0 heterocycles. The minimum atomic E-state index is -4.59. The first kappa shape index (κ1) is 17.5. The molecule has 0 unspecified atom stereocenters. The van der Waals surface area contributed by atoms with Crippen molar-refractivity contribution >= 4 is 53.2 Å². The van der Waals surface area contributed by atoms with Crippen molar-refractivity contribution in [2.75, 3.05) is 6.54 Å². The Labute approximate surface area is 129 Å².